The van der Waals surface area contributed by atoms with Crippen molar-refractivity contribution in [1.82, 2.24) is 10.2 Å². The first kappa shape index (κ1) is 17.5. The predicted molar refractivity (Wildman–Crippen MR) is 101 cm³/mol. The molecule has 0 spiro atoms. The Morgan fingerprint density at radius 1 is 1.24 bits per heavy atom. The SMILES string of the molecule is CCc1ccccc1NC(=O)CSc1nnc(NCc2ccco2)s1. The van der Waals surface area contributed by atoms with E-state index >= 15 is 0 Å². The molecule has 0 radical (unpaired) electrons. The first-order chi connectivity index (χ1) is 12.2. The average Bonchev–Trinajstić information content (AvgIpc) is 3.30. The van der Waals surface area contributed by atoms with Crippen molar-refractivity contribution >= 4 is 39.8 Å². The van der Waals surface area contributed by atoms with Gasteiger partial charge in [0.2, 0.25) is 11.0 Å². The number of nitrogens with zero attached hydrogens (tertiary/aromatic N) is 2. The molecule has 130 valence electrons. The average molecular weight is 374 g/mol. The molecule has 25 heavy (non-hydrogen) atoms. The lowest BCUT2D eigenvalue weighted by Crippen LogP contribution is -2.15. The van der Waals surface area contributed by atoms with Crippen molar-refractivity contribution in [3.63, 3.8) is 0 Å². The first-order valence-electron chi connectivity index (χ1n) is 7.85. The Bertz CT molecular complexity index is 818. The number of thioether (sulfide) groups is 1. The Balaban J connectivity index is 1.47. The number of aryl methyl sites for hydroxylation is 1. The molecular formula is C17H18N4O2S2. The number of anilines is 2. The molecule has 2 N–H and O–H groups in total. The molecule has 0 atom stereocenters. The van der Waals surface area contributed by atoms with Gasteiger partial charge in [0.1, 0.15) is 5.76 Å². The van der Waals surface area contributed by atoms with Crippen LogP contribution in [0.4, 0.5) is 10.8 Å². The zero-order valence-corrected chi connectivity index (χ0v) is 15.3. The minimum Gasteiger partial charge on any atom is -0.467 e. The number of carbonyl (C=O) groups excluding carboxylic acids is 1. The van der Waals surface area contributed by atoms with Crippen molar-refractivity contribution < 1.29 is 9.21 Å². The van der Waals surface area contributed by atoms with Gasteiger partial charge in [0.25, 0.3) is 0 Å². The Morgan fingerprint density at radius 2 is 2.12 bits per heavy atom. The van der Waals surface area contributed by atoms with Gasteiger partial charge in [-0.15, -0.1) is 10.2 Å². The lowest BCUT2D eigenvalue weighted by Gasteiger charge is -2.08. The first-order valence-corrected chi connectivity index (χ1v) is 9.65. The van der Waals surface area contributed by atoms with Gasteiger partial charge < -0.3 is 15.1 Å². The summed E-state index contributed by atoms with van der Waals surface area (Å²) in [5, 5.41) is 15.0. The van der Waals surface area contributed by atoms with Crippen LogP contribution < -0.4 is 10.6 Å². The van der Waals surface area contributed by atoms with Crippen molar-refractivity contribution in [1.29, 1.82) is 0 Å². The molecule has 8 heteroatoms. The van der Waals surface area contributed by atoms with Gasteiger partial charge in [0, 0.05) is 5.69 Å². The van der Waals surface area contributed by atoms with Crippen LogP contribution in [0, 0.1) is 0 Å². The third-order valence-corrected chi connectivity index (χ3v) is 5.41. The van der Waals surface area contributed by atoms with Crippen molar-refractivity contribution in [2.75, 3.05) is 16.4 Å². The van der Waals surface area contributed by atoms with Crippen molar-refractivity contribution in [3.8, 4) is 0 Å². The van der Waals surface area contributed by atoms with E-state index < -0.39 is 0 Å². The van der Waals surface area contributed by atoms with Crippen LogP contribution in [-0.4, -0.2) is 21.9 Å². The second-order valence-electron chi connectivity index (χ2n) is 5.15. The smallest absolute Gasteiger partial charge is 0.234 e. The minimum absolute atomic E-state index is 0.0498. The quantitative estimate of drug-likeness (QED) is 0.579. The van der Waals surface area contributed by atoms with E-state index in [-0.39, 0.29) is 5.91 Å². The van der Waals surface area contributed by atoms with E-state index in [0.29, 0.717) is 17.4 Å². The van der Waals surface area contributed by atoms with Gasteiger partial charge in [-0.3, -0.25) is 4.79 Å². The number of benzene rings is 1. The van der Waals surface area contributed by atoms with Crippen LogP contribution in [0.25, 0.3) is 0 Å². The van der Waals surface area contributed by atoms with E-state index in [1.165, 1.54) is 23.1 Å². The molecular weight excluding hydrogens is 356 g/mol. The monoisotopic (exact) mass is 374 g/mol. The highest BCUT2D eigenvalue weighted by molar-refractivity contribution is 8.01. The highest BCUT2D eigenvalue weighted by Crippen LogP contribution is 2.26. The maximum absolute atomic E-state index is 12.1. The molecule has 0 bridgehead atoms. The number of hydrogen-bond acceptors (Lipinski definition) is 7. The number of carbonyl (C=O) groups is 1. The van der Waals surface area contributed by atoms with Gasteiger partial charge in [-0.25, -0.2) is 0 Å². The molecule has 1 aromatic carbocycles. The number of nitrogens with one attached hydrogen (secondary N) is 2. The molecule has 0 aliphatic heterocycles. The largest absolute Gasteiger partial charge is 0.467 e. The van der Waals surface area contributed by atoms with E-state index in [1.807, 2.05) is 36.4 Å². The highest BCUT2D eigenvalue weighted by atomic mass is 32.2. The fourth-order valence-electron chi connectivity index (χ4n) is 2.18. The molecule has 0 aliphatic carbocycles. The molecule has 1 amide bonds. The standard InChI is InChI=1S/C17H18N4O2S2/c1-2-12-6-3-4-8-14(12)19-15(22)11-24-17-21-20-16(25-17)18-10-13-7-5-9-23-13/h3-9H,2,10-11H2,1H3,(H,18,20)(H,19,22). The van der Waals surface area contributed by atoms with Gasteiger partial charge in [0.05, 0.1) is 18.6 Å². The summed E-state index contributed by atoms with van der Waals surface area (Å²) in [6, 6.07) is 11.6. The molecule has 0 saturated carbocycles. The summed E-state index contributed by atoms with van der Waals surface area (Å²) in [5.74, 6) is 1.08. The fourth-order valence-corrected chi connectivity index (χ4v) is 3.73. The molecule has 6 nitrogen and oxygen atoms in total. The lowest BCUT2D eigenvalue weighted by molar-refractivity contribution is -0.113. The van der Waals surface area contributed by atoms with E-state index in [9.17, 15) is 4.79 Å². The number of rotatable bonds is 8. The predicted octanol–water partition coefficient (Wildman–Crippen LogP) is 4.04. The number of amides is 1. The van der Waals surface area contributed by atoms with Crippen molar-refractivity contribution in [2.24, 2.45) is 0 Å². The van der Waals surface area contributed by atoms with Crippen LogP contribution in [0.15, 0.2) is 51.4 Å². The van der Waals surface area contributed by atoms with Crippen LogP contribution in [0.1, 0.15) is 18.2 Å². The zero-order chi connectivity index (χ0) is 17.5. The Kier molecular flexibility index (Phi) is 6.08. The zero-order valence-electron chi connectivity index (χ0n) is 13.7. The van der Waals surface area contributed by atoms with Crippen LogP contribution in [0.5, 0.6) is 0 Å². The topological polar surface area (TPSA) is 80.0 Å². The number of furan rings is 1. The second-order valence-corrected chi connectivity index (χ2v) is 7.35. The van der Waals surface area contributed by atoms with Crippen LogP contribution in [0.2, 0.25) is 0 Å². The Labute approximate surface area is 154 Å². The van der Waals surface area contributed by atoms with Crippen LogP contribution >= 0.6 is 23.1 Å². The molecule has 2 aromatic heterocycles. The normalized spacial score (nSPS) is 10.6. The maximum Gasteiger partial charge on any atom is 0.234 e. The molecule has 0 fully saturated rings. The molecule has 0 aliphatic rings. The summed E-state index contributed by atoms with van der Waals surface area (Å²) in [6.45, 7) is 2.62. The fraction of sp³-hybridized carbons (Fsp3) is 0.235. The van der Waals surface area contributed by atoms with Gasteiger partial charge in [-0.1, -0.05) is 48.2 Å². The molecule has 2 heterocycles. The Morgan fingerprint density at radius 3 is 2.92 bits per heavy atom. The molecule has 0 unspecified atom stereocenters. The van der Waals surface area contributed by atoms with Crippen molar-refractivity contribution in [2.45, 2.75) is 24.2 Å². The van der Waals surface area contributed by atoms with Gasteiger partial charge in [-0.05, 0) is 30.2 Å². The Hall–Kier alpha value is -2.32. The van der Waals surface area contributed by atoms with E-state index in [2.05, 4.69) is 27.8 Å². The van der Waals surface area contributed by atoms with Crippen molar-refractivity contribution in [3.05, 3.63) is 54.0 Å². The van der Waals surface area contributed by atoms with Gasteiger partial charge in [-0.2, -0.15) is 0 Å². The summed E-state index contributed by atoms with van der Waals surface area (Å²) in [5.41, 5.74) is 2.00. The van der Waals surface area contributed by atoms with Crippen LogP contribution in [0.3, 0.4) is 0 Å². The number of aromatic nitrogens is 2. The summed E-state index contributed by atoms with van der Waals surface area (Å²) in [7, 11) is 0. The van der Waals surface area contributed by atoms with Crippen LogP contribution in [-0.2, 0) is 17.8 Å². The third-order valence-electron chi connectivity index (χ3n) is 3.40. The summed E-state index contributed by atoms with van der Waals surface area (Å²) in [6.07, 6.45) is 2.51. The minimum atomic E-state index is -0.0498. The number of para-hydroxylation sites is 1. The maximum atomic E-state index is 12.1. The van der Waals surface area contributed by atoms with E-state index in [1.54, 1.807) is 6.26 Å². The number of hydrogen-bond donors (Lipinski definition) is 2. The van der Waals surface area contributed by atoms with Gasteiger partial charge in [0.15, 0.2) is 4.34 Å². The summed E-state index contributed by atoms with van der Waals surface area (Å²) >= 11 is 2.79. The lowest BCUT2D eigenvalue weighted by atomic mass is 10.1. The summed E-state index contributed by atoms with van der Waals surface area (Å²) in [4.78, 5) is 12.1. The second kappa shape index (κ2) is 8.68. The van der Waals surface area contributed by atoms with Gasteiger partial charge >= 0.3 is 0 Å². The molecule has 3 aromatic rings. The molecule has 0 saturated heterocycles. The summed E-state index contributed by atoms with van der Waals surface area (Å²) < 4.78 is 6.00. The molecule has 3 rings (SSSR count). The van der Waals surface area contributed by atoms with E-state index in [0.717, 1.165) is 27.8 Å². The third kappa shape index (κ3) is 5.07. The van der Waals surface area contributed by atoms with E-state index in [4.69, 9.17) is 4.42 Å². The highest BCUT2D eigenvalue weighted by Gasteiger charge is 2.10.